The van der Waals surface area contributed by atoms with E-state index < -0.39 is 35.4 Å². The highest BCUT2D eigenvalue weighted by Gasteiger charge is 2.41. The van der Waals surface area contributed by atoms with Crippen molar-refractivity contribution in [3.05, 3.63) is 95.1 Å². The van der Waals surface area contributed by atoms with E-state index >= 15 is 0 Å². The summed E-state index contributed by atoms with van der Waals surface area (Å²) in [4.78, 5) is 44.0. The third-order valence-corrected chi connectivity index (χ3v) is 10.5. The van der Waals surface area contributed by atoms with E-state index in [1.54, 1.807) is 0 Å². The third kappa shape index (κ3) is 8.05. The van der Waals surface area contributed by atoms with Crippen LogP contribution in [0.25, 0.3) is 11.1 Å². The van der Waals surface area contributed by atoms with Crippen molar-refractivity contribution in [2.45, 2.75) is 71.1 Å². The van der Waals surface area contributed by atoms with Gasteiger partial charge in [0.2, 0.25) is 11.8 Å². The number of carbonyl (C=O) groups excluding carboxylic acids is 3. The quantitative estimate of drug-likeness (QED) is 0.111. The molecular weight excluding hydrogens is 669 g/mol. The van der Waals surface area contributed by atoms with E-state index in [9.17, 15) is 19.5 Å². The molecule has 3 aromatic rings. The van der Waals surface area contributed by atoms with Crippen LogP contribution in [0.5, 0.6) is 0 Å². The number of carbonyl (C=O) groups is 3. The Morgan fingerprint density at radius 3 is 2.43 bits per heavy atom. The molecule has 0 aromatic heterocycles. The van der Waals surface area contributed by atoms with Gasteiger partial charge < -0.3 is 20.6 Å². The molecule has 0 fully saturated rings. The fourth-order valence-corrected chi connectivity index (χ4v) is 6.36. The summed E-state index contributed by atoms with van der Waals surface area (Å²) in [6.45, 7) is 5.88. The zero-order valence-corrected chi connectivity index (χ0v) is 27.7. The first-order valence-corrected chi connectivity index (χ1v) is 16.6. The SMILES string of the molecule is Cc1cc(CCC[C@@H](C(=O)N[C@H](C(=O)N[C@@H]2CCc3ccccc32)C(C)(C)CI)[C@H](O)C(=O)ON)ccc1-c1ccccc1. The van der Waals surface area contributed by atoms with Gasteiger partial charge in [-0.3, -0.25) is 9.59 Å². The Balaban J connectivity index is 1.47. The minimum atomic E-state index is -1.77. The van der Waals surface area contributed by atoms with Gasteiger partial charge in [-0.1, -0.05) is 109 Å². The second kappa shape index (κ2) is 15.1. The van der Waals surface area contributed by atoms with E-state index in [-0.39, 0.29) is 18.4 Å². The minimum absolute atomic E-state index is 0.145. The summed E-state index contributed by atoms with van der Waals surface area (Å²) in [5.74, 6) is 1.94. The molecule has 1 aliphatic rings. The highest BCUT2D eigenvalue weighted by molar-refractivity contribution is 14.1. The fraction of sp³-hybridized carbons (Fsp3) is 0.400. The second-order valence-electron chi connectivity index (χ2n) is 12.3. The van der Waals surface area contributed by atoms with Gasteiger partial charge in [0.05, 0.1) is 12.0 Å². The predicted molar refractivity (Wildman–Crippen MR) is 180 cm³/mol. The lowest BCUT2D eigenvalue weighted by molar-refractivity contribution is -0.160. The number of aliphatic hydroxyl groups is 1. The van der Waals surface area contributed by atoms with Crippen LogP contribution in [0.15, 0.2) is 72.8 Å². The average Bonchev–Trinajstić information content (AvgIpc) is 3.43. The lowest BCUT2D eigenvalue weighted by Crippen LogP contribution is -2.57. The maximum Gasteiger partial charge on any atom is 0.354 e. The number of halogens is 1. The smallest absolute Gasteiger partial charge is 0.354 e. The van der Waals surface area contributed by atoms with Gasteiger partial charge in [-0.25, -0.2) is 4.79 Å². The number of alkyl halides is 1. The van der Waals surface area contributed by atoms with Gasteiger partial charge in [-0.2, -0.15) is 5.90 Å². The summed E-state index contributed by atoms with van der Waals surface area (Å²) in [5.41, 5.74) is 6.19. The molecule has 8 nitrogen and oxygen atoms in total. The van der Waals surface area contributed by atoms with E-state index in [0.717, 1.165) is 40.7 Å². The molecule has 5 N–H and O–H groups in total. The Hall–Kier alpha value is -3.28. The van der Waals surface area contributed by atoms with Crippen molar-refractivity contribution in [2.75, 3.05) is 4.43 Å². The molecule has 234 valence electrons. The topological polar surface area (TPSA) is 131 Å². The lowest BCUT2D eigenvalue weighted by atomic mass is 9.84. The van der Waals surface area contributed by atoms with Gasteiger partial charge in [0.1, 0.15) is 6.04 Å². The number of benzene rings is 3. The predicted octanol–water partition coefficient (Wildman–Crippen LogP) is 5.13. The fourth-order valence-electron chi connectivity index (χ4n) is 5.92. The molecule has 0 spiro atoms. The molecule has 9 heteroatoms. The number of fused-ring (bicyclic) bond motifs is 1. The molecule has 0 heterocycles. The molecule has 4 rings (SSSR count). The van der Waals surface area contributed by atoms with Crippen molar-refractivity contribution >= 4 is 40.4 Å². The number of nitrogens with one attached hydrogen (secondary N) is 2. The van der Waals surface area contributed by atoms with Crippen LogP contribution >= 0.6 is 22.6 Å². The molecule has 2 amide bonds. The monoisotopic (exact) mass is 711 g/mol. The van der Waals surface area contributed by atoms with Crippen LogP contribution in [0.4, 0.5) is 0 Å². The van der Waals surface area contributed by atoms with Crippen LogP contribution in [0.3, 0.4) is 0 Å². The van der Waals surface area contributed by atoms with E-state index in [4.69, 9.17) is 5.90 Å². The maximum atomic E-state index is 13.7. The molecule has 0 radical (unpaired) electrons. The summed E-state index contributed by atoms with van der Waals surface area (Å²) < 4.78 is 0.584. The normalized spacial score (nSPS) is 16.4. The number of rotatable bonds is 13. The summed E-state index contributed by atoms with van der Waals surface area (Å²) in [5, 5.41) is 16.8. The largest absolute Gasteiger partial charge is 0.381 e. The minimum Gasteiger partial charge on any atom is -0.381 e. The third-order valence-electron chi connectivity index (χ3n) is 8.56. The van der Waals surface area contributed by atoms with Gasteiger partial charge in [-0.15, -0.1) is 0 Å². The number of hydrogen-bond acceptors (Lipinski definition) is 6. The zero-order chi connectivity index (χ0) is 31.9. The second-order valence-corrected chi connectivity index (χ2v) is 13.0. The summed E-state index contributed by atoms with van der Waals surface area (Å²) in [6.07, 6.45) is 1.23. The Bertz CT molecular complexity index is 1460. The molecule has 0 bridgehead atoms. The highest BCUT2D eigenvalue weighted by Crippen LogP contribution is 2.32. The van der Waals surface area contributed by atoms with Crippen molar-refractivity contribution in [1.29, 1.82) is 0 Å². The van der Waals surface area contributed by atoms with Crippen molar-refractivity contribution in [3.8, 4) is 11.1 Å². The Labute approximate surface area is 273 Å². The summed E-state index contributed by atoms with van der Waals surface area (Å²) in [6, 6.07) is 23.4. The van der Waals surface area contributed by atoms with Gasteiger partial charge >= 0.3 is 5.97 Å². The summed E-state index contributed by atoms with van der Waals surface area (Å²) >= 11 is 2.20. The molecule has 0 saturated heterocycles. The lowest BCUT2D eigenvalue weighted by Gasteiger charge is -2.34. The number of nitrogens with two attached hydrogens (primary N) is 1. The Kier molecular flexibility index (Phi) is 11.6. The number of aliphatic hydroxyl groups excluding tert-OH is 1. The van der Waals surface area contributed by atoms with Crippen molar-refractivity contribution in [3.63, 3.8) is 0 Å². The molecular formula is C35H42IN3O5. The molecule has 3 aromatic carbocycles. The van der Waals surface area contributed by atoms with Gasteiger partial charge in [-0.05, 0) is 72.4 Å². The van der Waals surface area contributed by atoms with E-state index in [0.29, 0.717) is 17.3 Å². The van der Waals surface area contributed by atoms with Crippen LogP contribution in [0, 0.1) is 18.3 Å². The maximum absolute atomic E-state index is 13.7. The van der Waals surface area contributed by atoms with Crippen molar-refractivity contribution < 1.29 is 24.3 Å². The van der Waals surface area contributed by atoms with Crippen LogP contribution in [0.2, 0.25) is 0 Å². The van der Waals surface area contributed by atoms with Crippen LogP contribution in [-0.2, 0) is 32.1 Å². The van der Waals surface area contributed by atoms with Gasteiger partial charge in [0.15, 0.2) is 6.10 Å². The van der Waals surface area contributed by atoms with Gasteiger partial charge in [0, 0.05) is 9.84 Å². The first-order chi connectivity index (χ1) is 21.1. The van der Waals surface area contributed by atoms with Crippen LogP contribution in [-0.4, -0.2) is 39.5 Å². The van der Waals surface area contributed by atoms with E-state index in [1.165, 1.54) is 5.56 Å². The van der Waals surface area contributed by atoms with E-state index in [1.807, 2.05) is 50.2 Å². The van der Waals surface area contributed by atoms with Crippen molar-refractivity contribution in [2.24, 2.45) is 17.2 Å². The summed E-state index contributed by atoms with van der Waals surface area (Å²) in [7, 11) is 0. The Morgan fingerprint density at radius 1 is 1.05 bits per heavy atom. The number of hydrogen-bond donors (Lipinski definition) is 4. The molecule has 4 atom stereocenters. The zero-order valence-electron chi connectivity index (χ0n) is 25.5. The molecule has 1 aliphatic carbocycles. The standard InChI is InChI=1S/C35H42IN3O5/c1-22-20-23(16-18-26(22)24-11-5-4-6-12-24)10-9-15-28(30(40)34(43)44-37)32(41)39-31(35(2,3)21-36)33(42)38-29-19-17-25-13-7-8-14-27(25)29/h4-8,11-14,16,18,20,28-31,40H,9-10,15,17,19,21,37H2,1-3H3,(H,38,42)(H,39,41)/t28-,29-,30+,31-/m1/s1. The number of amides is 2. The molecule has 0 aliphatic heterocycles. The van der Waals surface area contributed by atoms with E-state index in [2.05, 4.69) is 81.4 Å². The first kappa shape index (κ1) is 33.6. The average molecular weight is 712 g/mol. The van der Waals surface area contributed by atoms with Crippen LogP contribution in [0.1, 0.15) is 61.4 Å². The van der Waals surface area contributed by atoms with Gasteiger partial charge in [0.25, 0.3) is 0 Å². The van der Waals surface area contributed by atoms with Crippen LogP contribution < -0.4 is 16.5 Å². The Morgan fingerprint density at radius 2 is 1.75 bits per heavy atom. The van der Waals surface area contributed by atoms with Crippen molar-refractivity contribution in [1.82, 2.24) is 10.6 Å². The highest BCUT2D eigenvalue weighted by atomic mass is 127. The molecule has 0 saturated carbocycles. The first-order valence-electron chi connectivity index (χ1n) is 15.0. The molecule has 44 heavy (non-hydrogen) atoms. The number of aryl methyl sites for hydroxylation is 3. The molecule has 0 unspecified atom stereocenters.